The maximum Gasteiger partial charge on any atom is 0.281 e. The van der Waals surface area contributed by atoms with Gasteiger partial charge in [-0.15, -0.1) is 0 Å². The summed E-state index contributed by atoms with van der Waals surface area (Å²) < 4.78 is 0. The summed E-state index contributed by atoms with van der Waals surface area (Å²) in [5, 5.41) is 14.4. The third-order valence-corrected chi connectivity index (χ3v) is 3.39. The molecule has 0 spiro atoms. The van der Waals surface area contributed by atoms with Crippen LogP contribution in [-0.4, -0.2) is 23.5 Å². The molecule has 1 radical (unpaired) electrons. The minimum Gasteiger partial charge on any atom is -0.396 e. The van der Waals surface area contributed by atoms with E-state index in [1.54, 1.807) is 6.07 Å². The number of nitrogens with zero attached hydrogens (tertiary/aromatic N) is 1. The van der Waals surface area contributed by atoms with Crippen LogP contribution in [0.25, 0.3) is 10.8 Å². The summed E-state index contributed by atoms with van der Waals surface area (Å²) in [5.74, 6) is -0.922. The fraction of sp³-hybridized carbons (Fsp3) is 0.200. The molecule has 0 aromatic heterocycles. The molecule has 1 heterocycles. The van der Waals surface area contributed by atoms with Crippen LogP contribution >= 0.6 is 0 Å². The van der Waals surface area contributed by atoms with Gasteiger partial charge in [0, 0.05) is 6.61 Å². The molecular formula is C15H12NO3. The summed E-state index contributed by atoms with van der Waals surface area (Å²) in [7, 11) is 0. The molecule has 0 saturated carbocycles. The van der Waals surface area contributed by atoms with Crippen molar-refractivity contribution in [2.75, 3.05) is 6.61 Å². The average molecular weight is 254 g/mol. The average Bonchev–Trinajstić information content (AvgIpc) is 2.70. The summed E-state index contributed by atoms with van der Waals surface area (Å²) >= 11 is 0. The smallest absolute Gasteiger partial charge is 0.281 e. The van der Waals surface area contributed by atoms with Gasteiger partial charge in [-0.25, -0.2) is 0 Å². The minimum absolute atomic E-state index is 0.0529. The Hall–Kier alpha value is -2.20. The van der Waals surface area contributed by atoms with Gasteiger partial charge in [-0.3, -0.25) is 9.59 Å². The van der Waals surface area contributed by atoms with Gasteiger partial charge in [0.1, 0.15) is 0 Å². The van der Waals surface area contributed by atoms with Gasteiger partial charge in [-0.05, 0) is 35.2 Å². The van der Waals surface area contributed by atoms with Crippen molar-refractivity contribution >= 4 is 22.6 Å². The predicted molar refractivity (Wildman–Crippen MR) is 70.1 cm³/mol. The molecule has 1 N–H and O–H groups in total. The van der Waals surface area contributed by atoms with Crippen LogP contribution in [0.4, 0.5) is 0 Å². The topological polar surface area (TPSA) is 68.5 Å². The van der Waals surface area contributed by atoms with E-state index in [-0.39, 0.29) is 6.61 Å². The molecule has 95 valence electrons. The highest BCUT2D eigenvalue weighted by Gasteiger charge is 2.32. The molecule has 0 saturated heterocycles. The first-order valence-corrected chi connectivity index (χ1v) is 6.18. The summed E-state index contributed by atoms with van der Waals surface area (Å²) in [6.07, 6.45) is 1.12. The van der Waals surface area contributed by atoms with E-state index < -0.39 is 11.8 Å². The summed E-state index contributed by atoms with van der Waals surface area (Å²) in [5.41, 5.74) is 1.62. The lowest BCUT2D eigenvalue weighted by Crippen LogP contribution is -2.11. The lowest BCUT2D eigenvalue weighted by Gasteiger charge is -2.10. The third-order valence-electron chi connectivity index (χ3n) is 3.39. The van der Waals surface area contributed by atoms with Gasteiger partial charge in [-0.1, -0.05) is 24.3 Å². The third kappa shape index (κ3) is 1.81. The second-order valence-corrected chi connectivity index (χ2v) is 4.55. The molecule has 3 rings (SSSR count). The highest BCUT2D eigenvalue weighted by molar-refractivity contribution is 6.24. The first kappa shape index (κ1) is 11.9. The van der Waals surface area contributed by atoms with Crippen LogP contribution < -0.4 is 5.32 Å². The van der Waals surface area contributed by atoms with Gasteiger partial charge >= 0.3 is 0 Å². The molecule has 2 aromatic rings. The number of aliphatic hydroxyl groups is 1. The maximum absolute atomic E-state index is 11.9. The van der Waals surface area contributed by atoms with Gasteiger partial charge in [-0.2, -0.15) is 5.32 Å². The fourth-order valence-electron chi connectivity index (χ4n) is 2.56. The van der Waals surface area contributed by atoms with Crippen LogP contribution in [0.1, 0.15) is 32.7 Å². The predicted octanol–water partition coefficient (Wildman–Crippen LogP) is 1.66. The fourth-order valence-corrected chi connectivity index (χ4v) is 2.56. The quantitative estimate of drug-likeness (QED) is 0.847. The number of imide groups is 1. The van der Waals surface area contributed by atoms with Gasteiger partial charge in [0.05, 0.1) is 11.1 Å². The number of hydrogen-bond acceptors (Lipinski definition) is 3. The lowest BCUT2D eigenvalue weighted by atomic mass is 9.92. The van der Waals surface area contributed by atoms with Crippen molar-refractivity contribution in [1.29, 1.82) is 0 Å². The Morgan fingerprint density at radius 2 is 1.89 bits per heavy atom. The first-order valence-electron chi connectivity index (χ1n) is 6.18. The van der Waals surface area contributed by atoms with Crippen LogP contribution in [0.2, 0.25) is 0 Å². The molecule has 0 bridgehead atoms. The van der Waals surface area contributed by atoms with Crippen molar-refractivity contribution in [1.82, 2.24) is 5.32 Å². The van der Waals surface area contributed by atoms with Crippen LogP contribution in [0.5, 0.6) is 0 Å². The van der Waals surface area contributed by atoms with Crippen molar-refractivity contribution in [3.63, 3.8) is 0 Å². The molecule has 0 unspecified atom stereocenters. The molecule has 4 nitrogen and oxygen atoms in total. The van der Waals surface area contributed by atoms with Gasteiger partial charge in [0.15, 0.2) is 0 Å². The molecule has 1 aliphatic rings. The SMILES string of the molecule is O=C1[N]C(=O)c2c1cc1ccccc1c2CCCO. The molecular weight excluding hydrogens is 242 g/mol. The lowest BCUT2D eigenvalue weighted by molar-refractivity contribution is 0.0873. The molecule has 2 aromatic carbocycles. The second-order valence-electron chi connectivity index (χ2n) is 4.55. The molecule has 2 amide bonds. The van der Waals surface area contributed by atoms with Crippen LogP contribution in [0.15, 0.2) is 30.3 Å². The molecule has 4 heteroatoms. The number of rotatable bonds is 3. The second kappa shape index (κ2) is 4.48. The largest absolute Gasteiger partial charge is 0.396 e. The number of benzene rings is 2. The van der Waals surface area contributed by atoms with Crippen LogP contribution in [0, 0.1) is 0 Å². The van der Waals surface area contributed by atoms with Crippen molar-refractivity contribution in [2.45, 2.75) is 12.8 Å². The summed E-state index contributed by atoms with van der Waals surface area (Å²) in [6.45, 7) is 0.0529. The van der Waals surface area contributed by atoms with Crippen molar-refractivity contribution < 1.29 is 14.7 Å². The van der Waals surface area contributed by atoms with E-state index in [1.165, 1.54) is 0 Å². The van der Waals surface area contributed by atoms with Crippen LogP contribution in [0.3, 0.4) is 0 Å². The minimum atomic E-state index is -0.462. The number of aryl methyl sites for hydroxylation is 1. The number of hydrogen-bond donors (Lipinski definition) is 1. The number of carbonyl (C=O) groups excluding carboxylic acids is 2. The van der Waals surface area contributed by atoms with E-state index in [4.69, 9.17) is 5.11 Å². The van der Waals surface area contributed by atoms with E-state index >= 15 is 0 Å². The molecule has 0 aliphatic carbocycles. The summed E-state index contributed by atoms with van der Waals surface area (Å²) in [4.78, 5) is 23.6. The highest BCUT2D eigenvalue weighted by atomic mass is 16.3. The van der Waals surface area contributed by atoms with E-state index in [1.807, 2.05) is 24.3 Å². The molecule has 0 atom stereocenters. The molecule has 1 aliphatic heterocycles. The first-order chi connectivity index (χ1) is 9.22. The van der Waals surface area contributed by atoms with E-state index in [9.17, 15) is 9.59 Å². The maximum atomic E-state index is 11.9. The Morgan fingerprint density at radius 3 is 2.68 bits per heavy atom. The highest BCUT2D eigenvalue weighted by Crippen LogP contribution is 2.30. The van der Waals surface area contributed by atoms with Gasteiger partial charge in [0.25, 0.3) is 11.8 Å². The zero-order valence-electron chi connectivity index (χ0n) is 10.2. The van der Waals surface area contributed by atoms with Crippen molar-refractivity contribution in [3.8, 4) is 0 Å². The number of fused-ring (bicyclic) bond motifs is 2. The monoisotopic (exact) mass is 254 g/mol. The van der Waals surface area contributed by atoms with Gasteiger partial charge in [0.2, 0.25) is 0 Å². The number of aliphatic hydroxyl groups excluding tert-OH is 1. The van der Waals surface area contributed by atoms with E-state index in [2.05, 4.69) is 5.32 Å². The Morgan fingerprint density at radius 1 is 1.11 bits per heavy atom. The number of carbonyl (C=O) groups is 2. The van der Waals surface area contributed by atoms with E-state index in [0.717, 1.165) is 16.3 Å². The molecule has 19 heavy (non-hydrogen) atoms. The Labute approximate surface area is 110 Å². The molecule has 0 fully saturated rings. The van der Waals surface area contributed by atoms with Crippen LogP contribution in [-0.2, 0) is 6.42 Å². The standard InChI is InChI=1S/C15H12NO3/c17-7-3-6-11-10-5-2-1-4-9(10)8-12-13(11)15(19)16-14(12)18/h1-2,4-5,8,17H,3,6-7H2. The Kier molecular flexibility index (Phi) is 2.80. The normalized spacial score (nSPS) is 13.7. The van der Waals surface area contributed by atoms with Crippen molar-refractivity contribution in [3.05, 3.63) is 47.0 Å². The Balaban J connectivity index is 2.31. The zero-order chi connectivity index (χ0) is 13.4. The van der Waals surface area contributed by atoms with E-state index in [0.29, 0.717) is 24.0 Å². The Bertz CT molecular complexity index is 691. The summed E-state index contributed by atoms with van der Waals surface area (Å²) in [6, 6.07) is 9.36. The zero-order valence-corrected chi connectivity index (χ0v) is 10.2. The van der Waals surface area contributed by atoms with Gasteiger partial charge < -0.3 is 5.11 Å². The van der Waals surface area contributed by atoms with Crippen molar-refractivity contribution in [2.24, 2.45) is 0 Å². The number of amides is 2.